The number of carbonyl (C=O) groups is 2. The number of aryl methyl sites for hydroxylation is 1. The molecule has 228 valence electrons. The number of hydrazone groups is 1. The standard InChI is InChI=1S/C31H37N5O6S/c1-40-27-25(43-16-13-24(29(37)38)34-31(39)42-18-19-7-4-3-5-8-19)17-20-11-12-23(35-36-30-32-14-15-33-30)21-9-6-10-22(21)26(20)28(27)41-2/h3-5,7-8,17,24H,6,9-16,18H2,1-2H3,(H,34,39)(H,37,38)(H2,32,33,36). The van der Waals surface area contributed by atoms with Crippen molar-refractivity contribution >= 4 is 41.1 Å². The second-order valence-electron chi connectivity index (χ2n) is 10.3. The first kappa shape index (κ1) is 30.3. The van der Waals surface area contributed by atoms with Crippen LogP contribution in [0.3, 0.4) is 0 Å². The van der Waals surface area contributed by atoms with Crippen LogP contribution in [0.2, 0.25) is 0 Å². The molecule has 1 atom stereocenters. The number of hydrogen-bond acceptors (Lipinski definition) is 10. The number of hydrogen-bond donors (Lipinski definition) is 4. The zero-order valence-corrected chi connectivity index (χ0v) is 25.2. The Morgan fingerprint density at radius 2 is 1.88 bits per heavy atom. The monoisotopic (exact) mass is 607 g/mol. The highest BCUT2D eigenvalue weighted by Crippen LogP contribution is 2.50. The van der Waals surface area contributed by atoms with E-state index < -0.39 is 18.1 Å². The molecule has 43 heavy (non-hydrogen) atoms. The van der Waals surface area contributed by atoms with Crippen molar-refractivity contribution in [3.8, 4) is 11.5 Å². The lowest BCUT2D eigenvalue weighted by atomic mass is 9.95. The summed E-state index contributed by atoms with van der Waals surface area (Å²) < 4.78 is 17.1. The molecule has 12 heteroatoms. The minimum atomic E-state index is -1.12. The third-order valence-electron chi connectivity index (χ3n) is 7.63. The number of amides is 1. The van der Waals surface area contributed by atoms with Crippen LogP contribution in [0.5, 0.6) is 11.5 Å². The molecule has 5 rings (SSSR count). The van der Waals surface area contributed by atoms with Crippen molar-refractivity contribution in [3.63, 3.8) is 0 Å². The van der Waals surface area contributed by atoms with E-state index in [2.05, 4.69) is 27.1 Å². The molecular weight excluding hydrogens is 570 g/mol. The Labute approximate surface area is 255 Å². The summed E-state index contributed by atoms with van der Waals surface area (Å²) in [7, 11) is 3.27. The number of carboxylic acids is 1. The molecule has 4 N–H and O–H groups in total. The first-order chi connectivity index (χ1) is 21.0. The molecule has 0 radical (unpaired) electrons. The SMILES string of the molecule is COc1c(SCCC(NC(=O)OCc2ccccc2)C(=O)O)cc2c(c1OC)C1=C(CCC1)C(=NNC1=NCCN1)CC2. The zero-order chi connectivity index (χ0) is 30.2. The number of methoxy groups -OCH3 is 2. The van der Waals surface area contributed by atoms with Gasteiger partial charge in [0.25, 0.3) is 0 Å². The van der Waals surface area contributed by atoms with Crippen LogP contribution < -0.4 is 25.5 Å². The molecule has 1 amide bonds. The number of nitrogens with zero attached hydrogens (tertiary/aromatic N) is 2. The number of thioether (sulfide) groups is 1. The predicted octanol–water partition coefficient (Wildman–Crippen LogP) is 4.35. The highest BCUT2D eigenvalue weighted by Gasteiger charge is 2.31. The Bertz CT molecular complexity index is 1440. The third-order valence-corrected chi connectivity index (χ3v) is 8.68. The minimum absolute atomic E-state index is 0.0617. The lowest BCUT2D eigenvalue weighted by Crippen LogP contribution is -2.41. The summed E-state index contributed by atoms with van der Waals surface area (Å²) >= 11 is 1.47. The fraction of sp³-hybridized carbons (Fsp3) is 0.419. The maximum absolute atomic E-state index is 12.3. The van der Waals surface area contributed by atoms with Crippen LogP contribution >= 0.6 is 11.8 Å². The first-order valence-electron chi connectivity index (χ1n) is 14.4. The summed E-state index contributed by atoms with van der Waals surface area (Å²) in [5.74, 6) is 1.31. The minimum Gasteiger partial charge on any atom is -0.492 e. The molecule has 2 aromatic carbocycles. The van der Waals surface area contributed by atoms with Gasteiger partial charge < -0.3 is 30.0 Å². The quantitative estimate of drug-likeness (QED) is 0.217. The molecule has 3 aliphatic rings. The second kappa shape index (κ2) is 14.3. The number of rotatable bonds is 11. The number of guanidine groups is 1. The van der Waals surface area contributed by atoms with Gasteiger partial charge in [-0.05, 0) is 66.9 Å². The Hall–Kier alpha value is -4.19. The van der Waals surface area contributed by atoms with E-state index in [0.29, 0.717) is 23.2 Å². The van der Waals surface area contributed by atoms with Crippen LogP contribution in [-0.2, 0) is 22.6 Å². The summed E-state index contributed by atoms with van der Waals surface area (Å²) in [4.78, 5) is 29.5. The van der Waals surface area contributed by atoms with Crippen LogP contribution in [0.25, 0.3) is 5.57 Å². The highest BCUT2D eigenvalue weighted by molar-refractivity contribution is 7.99. The van der Waals surface area contributed by atoms with E-state index in [9.17, 15) is 14.7 Å². The highest BCUT2D eigenvalue weighted by atomic mass is 32.2. The molecule has 0 fully saturated rings. The van der Waals surface area contributed by atoms with Gasteiger partial charge in [-0.15, -0.1) is 11.8 Å². The number of aliphatic carboxylic acids is 1. The third kappa shape index (κ3) is 7.24. The number of nitrogens with one attached hydrogen (secondary N) is 3. The Balaban J connectivity index is 1.30. The molecule has 0 aromatic heterocycles. The number of allylic oxidation sites excluding steroid dienone is 2. The maximum Gasteiger partial charge on any atom is 0.408 e. The fourth-order valence-electron chi connectivity index (χ4n) is 5.60. The normalized spacial score (nSPS) is 17.3. The van der Waals surface area contributed by atoms with Crippen molar-refractivity contribution in [1.29, 1.82) is 0 Å². The van der Waals surface area contributed by atoms with Gasteiger partial charge in [0.05, 0.1) is 31.4 Å². The Morgan fingerprint density at radius 3 is 2.60 bits per heavy atom. The summed E-state index contributed by atoms with van der Waals surface area (Å²) in [6.07, 6.45) is 3.88. The zero-order valence-electron chi connectivity index (χ0n) is 24.4. The number of fused-ring (bicyclic) bond motifs is 2. The smallest absolute Gasteiger partial charge is 0.408 e. The van der Waals surface area contributed by atoms with Crippen molar-refractivity contribution in [2.75, 3.05) is 33.1 Å². The van der Waals surface area contributed by atoms with Gasteiger partial charge >= 0.3 is 12.1 Å². The molecule has 1 unspecified atom stereocenters. The van der Waals surface area contributed by atoms with Gasteiger partial charge in [-0.1, -0.05) is 30.3 Å². The molecule has 11 nitrogen and oxygen atoms in total. The molecule has 2 aromatic rings. The number of ether oxygens (including phenoxy) is 3. The van der Waals surface area contributed by atoms with Crippen molar-refractivity contribution in [2.45, 2.75) is 56.1 Å². The summed E-state index contributed by atoms with van der Waals surface area (Å²) in [5.41, 5.74) is 9.67. The van der Waals surface area contributed by atoms with Crippen molar-refractivity contribution in [1.82, 2.24) is 16.1 Å². The van der Waals surface area contributed by atoms with Crippen molar-refractivity contribution < 1.29 is 28.9 Å². The van der Waals surface area contributed by atoms with Gasteiger partial charge in [0.1, 0.15) is 12.6 Å². The lowest BCUT2D eigenvalue weighted by Gasteiger charge is -2.21. The predicted molar refractivity (Wildman–Crippen MR) is 166 cm³/mol. The molecule has 1 aliphatic heterocycles. The molecule has 1 heterocycles. The molecule has 0 saturated carbocycles. The van der Waals surface area contributed by atoms with Crippen LogP contribution in [-0.4, -0.2) is 67.9 Å². The number of alkyl carbamates (subject to hydrolysis) is 1. The van der Waals surface area contributed by atoms with E-state index in [0.717, 1.165) is 72.5 Å². The largest absolute Gasteiger partial charge is 0.492 e. The van der Waals surface area contributed by atoms with E-state index in [1.165, 1.54) is 22.9 Å². The molecule has 2 aliphatic carbocycles. The van der Waals surface area contributed by atoms with Crippen molar-refractivity contribution in [2.24, 2.45) is 10.1 Å². The van der Waals surface area contributed by atoms with Gasteiger partial charge in [-0.3, -0.25) is 0 Å². The van der Waals surface area contributed by atoms with Crippen LogP contribution in [0.4, 0.5) is 4.79 Å². The maximum atomic E-state index is 12.3. The number of carbonyl (C=O) groups excluding carboxylic acids is 1. The molecule has 0 spiro atoms. The average molecular weight is 608 g/mol. The average Bonchev–Trinajstić information content (AvgIpc) is 3.70. The summed E-state index contributed by atoms with van der Waals surface area (Å²) in [5, 5.41) is 20.2. The van der Waals surface area contributed by atoms with Gasteiger partial charge in [0.15, 0.2) is 11.5 Å². The van der Waals surface area contributed by atoms with E-state index in [1.54, 1.807) is 14.2 Å². The van der Waals surface area contributed by atoms with E-state index in [-0.39, 0.29) is 13.0 Å². The lowest BCUT2D eigenvalue weighted by molar-refractivity contribution is -0.139. The van der Waals surface area contributed by atoms with Crippen LogP contribution in [0.15, 0.2) is 57.0 Å². The van der Waals surface area contributed by atoms with Crippen molar-refractivity contribution in [3.05, 3.63) is 58.7 Å². The summed E-state index contributed by atoms with van der Waals surface area (Å²) in [6, 6.07) is 10.3. The number of carboxylic acid groups (broad SMARTS) is 1. The van der Waals surface area contributed by atoms with E-state index in [1.807, 2.05) is 30.3 Å². The molecular formula is C31H37N5O6S. The molecule has 0 saturated heterocycles. The summed E-state index contributed by atoms with van der Waals surface area (Å²) in [6.45, 7) is 1.61. The van der Waals surface area contributed by atoms with Gasteiger partial charge in [0, 0.05) is 17.9 Å². The molecule has 0 bridgehead atoms. The Morgan fingerprint density at radius 1 is 1.09 bits per heavy atom. The number of benzene rings is 2. The second-order valence-corrected chi connectivity index (χ2v) is 11.5. The van der Waals surface area contributed by atoms with Gasteiger partial charge in [0.2, 0.25) is 5.96 Å². The fourth-order valence-corrected chi connectivity index (χ4v) is 6.71. The van der Waals surface area contributed by atoms with Gasteiger partial charge in [-0.25, -0.2) is 20.0 Å². The van der Waals surface area contributed by atoms with E-state index >= 15 is 0 Å². The number of aliphatic imine (C=N–C) groups is 1. The van der Waals surface area contributed by atoms with E-state index in [4.69, 9.17) is 19.3 Å². The topological polar surface area (TPSA) is 143 Å². The van der Waals surface area contributed by atoms with Crippen LogP contribution in [0.1, 0.15) is 48.8 Å². The van der Waals surface area contributed by atoms with Crippen LogP contribution in [0, 0.1) is 0 Å². The first-order valence-corrected chi connectivity index (χ1v) is 15.4. The Kier molecular flexibility index (Phi) is 10.1. The van der Waals surface area contributed by atoms with Gasteiger partial charge in [-0.2, -0.15) is 5.10 Å².